The molecule has 4 nitrogen and oxygen atoms in total. The molecular formula is C13H10ClNO3S2. The zero-order valence-electron chi connectivity index (χ0n) is 10.4. The molecule has 0 aliphatic carbocycles. The second kappa shape index (κ2) is 5.20. The first-order valence-electron chi connectivity index (χ1n) is 5.83. The van der Waals surface area contributed by atoms with Crippen molar-refractivity contribution in [1.82, 2.24) is 4.98 Å². The molecule has 7 heteroatoms. The van der Waals surface area contributed by atoms with E-state index >= 15 is 0 Å². The van der Waals surface area contributed by atoms with Gasteiger partial charge in [-0.25, -0.2) is 4.98 Å². The minimum absolute atomic E-state index is 0.0644. The molecule has 0 spiro atoms. The second-order valence-corrected chi connectivity index (χ2v) is 6.91. The Kier molecular flexibility index (Phi) is 3.54. The second-order valence-electron chi connectivity index (χ2n) is 4.23. The van der Waals surface area contributed by atoms with Crippen molar-refractivity contribution in [3.8, 4) is 5.75 Å². The van der Waals surface area contributed by atoms with E-state index in [9.17, 15) is 4.79 Å². The molecule has 1 N–H and O–H groups in total. The monoisotopic (exact) mass is 327 g/mol. The Bertz CT molecular complexity index is 795. The molecule has 2 aromatic heterocycles. The third-order valence-corrected chi connectivity index (χ3v) is 4.97. The van der Waals surface area contributed by atoms with Crippen LogP contribution in [-0.4, -0.2) is 28.0 Å². The summed E-state index contributed by atoms with van der Waals surface area (Å²) in [7, 11) is 0. The fourth-order valence-corrected chi connectivity index (χ4v) is 3.84. The third-order valence-electron chi connectivity index (χ3n) is 2.82. The summed E-state index contributed by atoms with van der Waals surface area (Å²) in [5, 5.41) is 11.7. The van der Waals surface area contributed by atoms with Crippen molar-refractivity contribution in [2.24, 2.45) is 0 Å². The molecule has 1 unspecified atom stereocenters. The molecule has 104 valence electrons. The van der Waals surface area contributed by atoms with Crippen molar-refractivity contribution >= 4 is 60.5 Å². The maximum atomic E-state index is 10.7. The average molecular weight is 328 g/mol. The maximum absolute atomic E-state index is 10.7. The summed E-state index contributed by atoms with van der Waals surface area (Å²) >= 11 is 8.87. The number of carboxylic acids is 1. The lowest BCUT2D eigenvalue weighted by Gasteiger charge is -2.09. The molecule has 0 saturated carbocycles. The van der Waals surface area contributed by atoms with Gasteiger partial charge in [-0.1, -0.05) is 0 Å². The Morgan fingerprint density at radius 2 is 2.40 bits per heavy atom. The molecule has 0 amide bonds. The smallest absolute Gasteiger partial charge is 0.325 e. The number of hydrogen-bond acceptors (Lipinski definition) is 5. The van der Waals surface area contributed by atoms with Gasteiger partial charge in [0.05, 0.1) is 19.9 Å². The highest BCUT2D eigenvalue weighted by molar-refractivity contribution is 7.21. The first-order chi connectivity index (χ1) is 9.56. The van der Waals surface area contributed by atoms with E-state index in [1.807, 2.05) is 24.4 Å². The average Bonchev–Trinajstić information content (AvgIpc) is 3.00. The number of hydrogen-bond donors (Lipinski definition) is 1. The van der Waals surface area contributed by atoms with Gasteiger partial charge in [-0.05, 0) is 18.4 Å². The summed E-state index contributed by atoms with van der Waals surface area (Å²) in [4.78, 5) is 15.3. The first kappa shape index (κ1) is 13.6. The Morgan fingerprint density at radius 1 is 1.60 bits per heavy atom. The van der Waals surface area contributed by atoms with Crippen LogP contribution in [0, 0.1) is 6.92 Å². The number of aryl methyl sites for hydroxylation is 1. The van der Waals surface area contributed by atoms with E-state index in [0.717, 1.165) is 25.3 Å². The number of nitrogens with zero attached hydrogens (tertiary/aromatic N) is 1. The van der Waals surface area contributed by atoms with Gasteiger partial charge in [-0.3, -0.25) is 4.79 Å². The first-order valence-corrected chi connectivity index (χ1v) is 7.96. The van der Waals surface area contributed by atoms with Gasteiger partial charge in [-0.15, -0.1) is 34.3 Å². The molecule has 0 radical (unpaired) electrons. The number of fused-ring (bicyclic) bond motifs is 3. The van der Waals surface area contributed by atoms with Crippen LogP contribution in [0.3, 0.4) is 0 Å². The van der Waals surface area contributed by atoms with Crippen LogP contribution in [-0.2, 0) is 4.79 Å². The SMILES string of the molecule is Cc1nc2c(cc(OCC(Cl)C(=O)O)c3ccsc32)s1. The van der Waals surface area contributed by atoms with E-state index in [-0.39, 0.29) is 6.61 Å². The standard InChI is InChI=1S/C13H10ClNO3S2/c1-6-15-11-10(20-6)4-9(7-2-3-19-12(7)11)18-5-8(14)13(16)17/h2-4,8H,5H2,1H3,(H,16,17). The Hall–Kier alpha value is -1.37. The van der Waals surface area contributed by atoms with Gasteiger partial charge >= 0.3 is 5.97 Å². The number of thiophene rings is 1. The minimum Gasteiger partial charge on any atom is -0.491 e. The van der Waals surface area contributed by atoms with Crippen molar-refractivity contribution in [3.63, 3.8) is 0 Å². The zero-order chi connectivity index (χ0) is 14.3. The Balaban J connectivity index is 2.04. The summed E-state index contributed by atoms with van der Waals surface area (Å²) < 4.78 is 7.69. The van der Waals surface area contributed by atoms with Crippen LogP contribution in [0.4, 0.5) is 0 Å². The van der Waals surface area contributed by atoms with Crippen LogP contribution in [0.25, 0.3) is 20.3 Å². The van der Waals surface area contributed by atoms with Gasteiger partial charge in [0.15, 0.2) is 5.38 Å². The lowest BCUT2D eigenvalue weighted by atomic mass is 10.2. The highest BCUT2D eigenvalue weighted by Crippen LogP contribution is 2.38. The predicted octanol–water partition coefficient (Wildman–Crippen LogP) is 3.89. The van der Waals surface area contributed by atoms with E-state index in [4.69, 9.17) is 21.4 Å². The van der Waals surface area contributed by atoms with E-state index in [1.165, 1.54) is 0 Å². The number of thiazole rings is 1. The van der Waals surface area contributed by atoms with Crippen LogP contribution in [0.2, 0.25) is 0 Å². The molecule has 0 aliphatic heterocycles. The summed E-state index contributed by atoms with van der Waals surface area (Å²) in [6.45, 7) is 1.90. The summed E-state index contributed by atoms with van der Waals surface area (Å²) in [6.07, 6.45) is 0. The van der Waals surface area contributed by atoms with Gasteiger partial charge in [-0.2, -0.15) is 0 Å². The molecule has 3 rings (SSSR count). The third kappa shape index (κ3) is 2.34. The molecule has 20 heavy (non-hydrogen) atoms. The molecule has 0 fully saturated rings. The van der Waals surface area contributed by atoms with Crippen molar-refractivity contribution in [2.75, 3.05) is 6.61 Å². The minimum atomic E-state index is -1.08. The normalized spacial score (nSPS) is 12.9. The molecular weight excluding hydrogens is 318 g/mol. The lowest BCUT2D eigenvalue weighted by Crippen LogP contribution is -2.21. The van der Waals surface area contributed by atoms with Gasteiger partial charge in [0.25, 0.3) is 0 Å². The summed E-state index contributed by atoms with van der Waals surface area (Å²) in [5.74, 6) is -0.424. The number of ether oxygens (including phenoxy) is 1. The fourth-order valence-electron chi connectivity index (χ4n) is 1.94. The number of aliphatic carboxylic acids is 1. The molecule has 1 atom stereocenters. The van der Waals surface area contributed by atoms with Crippen molar-refractivity contribution in [1.29, 1.82) is 0 Å². The van der Waals surface area contributed by atoms with Gasteiger partial charge in [0.1, 0.15) is 12.4 Å². The highest BCUT2D eigenvalue weighted by Gasteiger charge is 2.17. The number of rotatable bonds is 4. The van der Waals surface area contributed by atoms with Crippen molar-refractivity contribution in [2.45, 2.75) is 12.3 Å². The van der Waals surface area contributed by atoms with Crippen LogP contribution in [0.15, 0.2) is 17.5 Å². The molecule has 0 bridgehead atoms. The van der Waals surface area contributed by atoms with Crippen LogP contribution in [0.1, 0.15) is 5.01 Å². The number of aromatic nitrogens is 1. The number of carbonyl (C=O) groups is 1. The summed E-state index contributed by atoms with van der Waals surface area (Å²) in [6, 6.07) is 3.86. The Labute approximate surface area is 127 Å². The van der Waals surface area contributed by atoms with Gasteiger partial charge < -0.3 is 9.84 Å². The van der Waals surface area contributed by atoms with Gasteiger partial charge in [0.2, 0.25) is 0 Å². The van der Waals surface area contributed by atoms with E-state index in [0.29, 0.717) is 5.75 Å². The van der Waals surface area contributed by atoms with Crippen LogP contribution in [0.5, 0.6) is 5.75 Å². The fraction of sp³-hybridized carbons (Fsp3) is 0.231. The number of alkyl halides is 1. The quantitative estimate of drug-likeness (QED) is 0.738. The molecule has 3 aromatic rings. The van der Waals surface area contributed by atoms with E-state index in [1.54, 1.807) is 22.7 Å². The van der Waals surface area contributed by atoms with Gasteiger partial charge in [0, 0.05) is 11.5 Å². The molecule has 0 aliphatic rings. The van der Waals surface area contributed by atoms with Crippen LogP contribution < -0.4 is 4.74 Å². The van der Waals surface area contributed by atoms with Crippen LogP contribution >= 0.6 is 34.3 Å². The van der Waals surface area contributed by atoms with E-state index < -0.39 is 11.3 Å². The molecule has 0 saturated heterocycles. The predicted molar refractivity (Wildman–Crippen MR) is 82.5 cm³/mol. The lowest BCUT2D eigenvalue weighted by molar-refractivity contribution is -0.137. The number of benzene rings is 1. The highest BCUT2D eigenvalue weighted by atomic mass is 35.5. The largest absolute Gasteiger partial charge is 0.491 e. The van der Waals surface area contributed by atoms with E-state index in [2.05, 4.69) is 4.98 Å². The zero-order valence-corrected chi connectivity index (χ0v) is 12.8. The maximum Gasteiger partial charge on any atom is 0.325 e. The molecule has 1 aromatic carbocycles. The number of carboxylic acid groups (broad SMARTS) is 1. The van der Waals surface area contributed by atoms with Crippen molar-refractivity contribution in [3.05, 3.63) is 22.5 Å². The topological polar surface area (TPSA) is 59.4 Å². The Morgan fingerprint density at radius 3 is 3.15 bits per heavy atom. The molecule has 2 heterocycles. The van der Waals surface area contributed by atoms with Crippen molar-refractivity contribution < 1.29 is 14.6 Å². The number of halogens is 1. The summed E-state index contributed by atoms with van der Waals surface area (Å²) in [5.41, 5.74) is 0.977.